The van der Waals surface area contributed by atoms with E-state index >= 15 is 0 Å². The molecule has 47 heavy (non-hydrogen) atoms. The van der Waals surface area contributed by atoms with Gasteiger partial charge >= 0.3 is 6.16 Å². The van der Waals surface area contributed by atoms with Gasteiger partial charge in [-0.15, -0.1) is 10.2 Å². The number of hydrogen-bond acceptors (Lipinski definition) is 11. The topological polar surface area (TPSA) is 136 Å². The molecule has 2 unspecified atom stereocenters. The summed E-state index contributed by atoms with van der Waals surface area (Å²) in [7, 11) is 0. The molecule has 242 valence electrons. The molecule has 3 heterocycles. The molecule has 12 nitrogen and oxygen atoms in total. The summed E-state index contributed by atoms with van der Waals surface area (Å²) in [6.07, 6.45) is 0.330. The molecule has 2 aliphatic heterocycles. The van der Waals surface area contributed by atoms with Crippen LogP contribution in [-0.2, 0) is 9.47 Å². The zero-order chi connectivity index (χ0) is 32.8. The van der Waals surface area contributed by atoms with Crippen molar-refractivity contribution in [2.45, 2.75) is 31.7 Å². The van der Waals surface area contributed by atoms with Crippen LogP contribution in [0.5, 0.6) is 0 Å². The first-order chi connectivity index (χ1) is 22.9. The third-order valence-electron chi connectivity index (χ3n) is 8.67. The van der Waals surface area contributed by atoms with E-state index in [4.69, 9.17) is 13.9 Å². The first-order valence-corrected chi connectivity index (χ1v) is 15.6. The number of aliphatic imine (C=N–C) groups is 1. The number of nitro groups is 1. The Morgan fingerprint density at radius 3 is 2.26 bits per heavy atom. The number of non-ortho nitro benzene ring substituents is 1. The highest BCUT2D eigenvalue weighted by molar-refractivity contribution is 5.91. The maximum atomic E-state index is 13.1. The van der Waals surface area contributed by atoms with Crippen LogP contribution in [0, 0.1) is 10.1 Å². The monoisotopic (exact) mass is 636 g/mol. The smallest absolute Gasteiger partial charge is 0.433 e. The van der Waals surface area contributed by atoms with E-state index in [-0.39, 0.29) is 30.0 Å². The summed E-state index contributed by atoms with van der Waals surface area (Å²) in [6, 6.07) is 27.4. The van der Waals surface area contributed by atoms with E-state index in [1.165, 1.54) is 29.7 Å². The van der Waals surface area contributed by atoms with E-state index in [0.717, 1.165) is 26.2 Å². The molecule has 0 saturated carbocycles. The number of benzene rings is 3. The zero-order valence-corrected chi connectivity index (χ0v) is 26.3. The number of aromatic nitrogens is 2. The molecule has 1 saturated heterocycles. The van der Waals surface area contributed by atoms with Crippen LogP contribution < -0.4 is 0 Å². The van der Waals surface area contributed by atoms with Gasteiger partial charge in [0.25, 0.3) is 5.69 Å². The highest BCUT2D eigenvalue weighted by Crippen LogP contribution is 2.44. The summed E-state index contributed by atoms with van der Waals surface area (Å²) in [6.45, 7) is 7.61. The van der Waals surface area contributed by atoms with Gasteiger partial charge in [0, 0.05) is 50.6 Å². The Hall–Kier alpha value is -5.20. The molecule has 0 bridgehead atoms. The molecule has 4 aromatic rings. The zero-order valence-electron chi connectivity index (χ0n) is 26.3. The number of ether oxygens (including phenoxy) is 2. The predicted molar refractivity (Wildman–Crippen MR) is 174 cm³/mol. The molecule has 3 aromatic carbocycles. The fraction of sp³-hybridized carbons (Fsp3) is 0.314. The minimum absolute atomic E-state index is 0.0921. The first-order valence-electron chi connectivity index (χ1n) is 15.6. The van der Waals surface area contributed by atoms with Crippen LogP contribution in [0.2, 0.25) is 0 Å². The summed E-state index contributed by atoms with van der Waals surface area (Å²) < 4.78 is 16.9. The Balaban J connectivity index is 1.09. The molecule has 1 fully saturated rings. The van der Waals surface area contributed by atoms with Crippen molar-refractivity contribution in [2.75, 3.05) is 39.3 Å². The second-order valence-electron chi connectivity index (χ2n) is 11.6. The van der Waals surface area contributed by atoms with E-state index in [2.05, 4.69) is 73.5 Å². The number of nitro benzene ring substituents is 1. The van der Waals surface area contributed by atoms with Crippen LogP contribution in [0.4, 0.5) is 10.5 Å². The highest BCUT2D eigenvalue weighted by atomic mass is 16.7. The fourth-order valence-corrected chi connectivity index (χ4v) is 6.47. The van der Waals surface area contributed by atoms with Gasteiger partial charge in [0.15, 0.2) is 0 Å². The van der Waals surface area contributed by atoms with E-state index in [1.807, 2.05) is 12.1 Å². The second kappa shape index (κ2) is 14.5. The summed E-state index contributed by atoms with van der Waals surface area (Å²) >= 11 is 0. The molecule has 2 atom stereocenters. The van der Waals surface area contributed by atoms with Crippen molar-refractivity contribution in [3.05, 3.63) is 135 Å². The maximum Gasteiger partial charge on any atom is 0.513 e. The van der Waals surface area contributed by atoms with Crippen LogP contribution in [0.1, 0.15) is 54.3 Å². The quantitative estimate of drug-likeness (QED) is 0.114. The van der Waals surface area contributed by atoms with Gasteiger partial charge in [-0.3, -0.25) is 24.9 Å². The molecule has 0 radical (unpaired) electrons. The van der Waals surface area contributed by atoms with Gasteiger partial charge in [-0.25, -0.2) is 4.79 Å². The number of nitrogens with zero attached hydrogens (tertiary/aromatic N) is 6. The van der Waals surface area contributed by atoms with Crippen molar-refractivity contribution in [1.82, 2.24) is 20.0 Å². The van der Waals surface area contributed by atoms with Crippen molar-refractivity contribution in [2.24, 2.45) is 4.99 Å². The molecule has 0 aliphatic carbocycles. The average Bonchev–Trinajstić information content (AvgIpc) is 3.62. The molecule has 0 amide bonds. The van der Waals surface area contributed by atoms with E-state index in [9.17, 15) is 14.9 Å². The van der Waals surface area contributed by atoms with Gasteiger partial charge < -0.3 is 13.9 Å². The van der Waals surface area contributed by atoms with Crippen LogP contribution in [0.15, 0.2) is 112 Å². The molecular weight excluding hydrogens is 600 g/mol. The lowest BCUT2D eigenvalue weighted by atomic mass is 9.79. The minimum Gasteiger partial charge on any atom is -0.433 e. The van der Waals surface area contributed by atoms with Gasteiger partial charge in [-0.1, -0.05) is 72.8 Å². The number of allylic oxidation sites excluding steroid dienone is 2. The normalized spacial score (nSPS) is 19.0. The largest absolute Gasteiger partial charge is 0.513 e. The van der Waals surface area contributed by atoms with Crippen molar-refractivity contribution in [1.29, 1.82) is 0 Å². The Kier molecular flexibility index (Phi) is 9.79. The first kappa shape index (κ1) is 31.8. The maximum absolute atomic E-state index is 13.1. The molecule has 0 N–H and O–H groups in total. The Morgan fingerprint density at radius 2 is 1.64 bits per heavy atom. The summed E-state index contributed by atoms with van der Waals surface area (Å²) in [5.41, 5.74) is 4.06. The van der Waals surface area contributed by atoms with Crippen molar-refractivity contribution in [3.63, 3.8) is 0 Å². The summed E-state index contributed by atoms with van der Waals surface area (Å²) in [5, 5.41) is 19.5. The number of rotatable bonds is 10. The SMILES string of the molecule is CC1=NC(C)=C(OC(=O)OCCN2CCN(C(c3ccccc3)c3ccccc3)CC2)C(c2cccc([N+](=O)[O-])c2)C1c1nnco1. The van der Waals surface area contributed by atoms with E-state index in [1.54, 1.807) is 26.0 Å². The van der Waals surface area contributed by atoms with Crippen molar-refractivity contribution in [3.8, 4) is 0 Å². The molecule has 2 aliphatic rings. The van der Waals surface area contributed by atoms with E-state index < -0.39 is 22.9 Å². The number of hydrogen-bond donors (Lipinski definition) is 0. The molecule has 6 rings (SSSR count). The lowest BCUT2D eigenvalue weighted by molar-refractivity contribution is -0.384. The van der Waals surface area contributed by atoms with Gasteiger partial charge in [-0.2, -0.15) is 0 Å². The summed E-state index contributed by atoms with van der Waals surface area (Å²) in [5.74, 6) is -0.815. The molecule has 0 spiro atoms. The third kappa shape index (κ3) is 7.29. The average molecular weight is 637 g/mol. The Morgan fingerprint density at radius 1 is 0.957 bits per heavy atom. The second-order valence-corrected chi connectivity index (χ2v) is 11.6. The lowest BCUT2D eigenvalue weighted by Gasteiger charge is -2.39. The number of piperazine rings is 1. The van der Waals surface area contributed by atoms with Crippen LogP contribution in [-0.4, -0.2) is 76.1 Å². The lowest BCUT2D eigenvalue weighted by Crippen LogP contribution is -2.48. The molecule has 1 aromatic heterocycles. The van der Waals surface area contributed by atoms with Crippen molar-refractivity contribution < 1.29 is 23.6 Å². The highest BCUT2D eigenvalue weighted by Gasteiger charge is 2.40. The molecule has 12 heteroatoms. The van der Waals surface area contributed by atoms with Gasteiger partial charge in [-0.05, 0) is 30.5 Å². The standard InChI is InChI=1S/C35H36N6O6/c1-24-30(34-38-36-23-46-34)31(28-14-9-15-29(22-28)41(43)44)33(25(2)37-24)47-35(42)45-21-20-39-16-18-40(19-17-39)32(26-10-5-3-6-11-26)27-12-7-4-8-13-27/h3-15,22-23,30-32H,16-21H2,1-2H3. The van der Waals surface area contributed by atoms with E-state index in [0.29, 0.717) is 23.5 Å². The van der Waals surface area contributed by atoms with Crippen LogP contribution in [0.3, 0.4) is 0 Å². The number of carbonyl (C=O) groups is 1. The number of carbonyl (C=O) groups excluding carboxylic acids is 1. The minimum atomic E-state index is -0.874. The van der Waals surface area contributed by atoms with Crippen molar-refractivity contribution >= 4 is 17.6 Å². The van der Waals surface area contributed by atoms with Crippen LogP contribution in [0.25, 0.3) is 0 Å². The summed E-state index contributed by atoms with van der Waals surface area (Å²) in [4.78, 5) is 33.5. The predicted octanol–water partition coefficient (Wildman–Crippen LogP) is 6.11. The molecular formula is C35H36N6O6. The van der Waals surface area contributed by atoms with Gasteiger partial charge in [0.1, 0.15) is 12.4 Å². The Bertz CT molecular complexity index is 1700. The fourth-order valence-electron chi connectivity index (χ4n) is 6.47. The van der Waals surface area contributed by atoms with Gasteiger partial charge in [0.2, 0.25) is 12.3 Å². The van der Waals surface area contributed by atoms with Gasteiger partial charge in [0.05, 0.1) is 28.5 Å². The third-order valence-corrected chi connectivity index (χ3v) is 8.67. The van der Waals surface area contributed by atoms with Crippen LogP contribution >= 0.6 is 0 Å². The Labute approximate surface area is 272 Å².